The van der Waals surface area contributed by atoms with Gasteiger partial charge in [-0.25, -0.2) is 9.79 Å². The number of amides is 1. The number of ether oxygens (including phenoxy) is 2. The lowest BCUT2D eigenvalue weighted by molar-refractivity contribution is -0.134. The number of carbonyl (C=O) groups excluding carboxylic acids is 2. The van der Waals surface area contributed by atoms with Gasteiger partial charge < -0.3 is 24.5 Å². The molecule has 210 valence electrons. The summed E-state index contributed by atoms with van der Waals surface area (Å²) in [6, 6.07) is 20.8. The monoisotopic (exact) mass is 552 g/mol. The highest BCUT2D eigenvalue weighted by atomic mass is 16.5. The van der Waals surface area contributed by atoms with Crippen molar-refractivity contribution in [1.29, 1.82) is 0 Å². The minimum Gasteiger partial charge on any atom is -0.494 e. The fourth-order valence-corrected chi connectivity index (χ4v) is 5.43. The molecule has 2 aliphatic heterocycles. The summed E-state index contributed by atoms with van der Waals surface area (Å²) in [7, 11) is 0. The third-order valence-electron chi connectivity index (χ3n) is 7.54. The summed E-state index contributed by atoms with van der Waals surface area (Å²) in [5.74, 6) is -0.341. The quantitative estimate of drug-likeness (QED) is 0.260. The van der Waals surface area contributed by atoms with E-state index in [2.05, 4.69) is 9.88 Å². The number of aromatic nitrogens is 1. The Kier molecular flexibility index (Phi) is 7.54. The molecule has 0 aliphatic carbocycles. The lowest BCUT2D eigenvalue weighted by Crippen LogP contribution is -2.43. The van der Waals surface area contributed by atoms with Crippen molar-refractivity contribution >= 4 is 34.2 Å². The van der Waals surface area contributed by atoms with E-state index in [0.717, 1.165) is 40.9 Å². The van der Waals surface area contributed by atoms with Crippen LogP contribution < -0.4 is 0 Å². The summed E-state index contributed by atoms with van der Waals surface area (Å²) in [6.45, 7) is 6.45. The van der Waals surface area contributed by atoms with Gasteiger partial charge in [0.1, 0.15) is 0 Å². The first-order valence-electron chi connectivity index (χ1n) is 13.9. The van der Waals surface area contributed by atoms with Gasteiger partial charge in [0, 0.05) is 42.6 Å². The van der Waals surface area contributed by atoms with E-state index in [1.807, 2.05) is 53.4 Å². The Morgan fingerprint density at radius 2 is 1.76 bits per heavy atom. The average Bonchev–Trinajstić information content (AvgIpc) is 3.56. The minimum absolute atomic E-state index is 0.0374. The molecule has 9 heteroatoms. The van der Waals surface area contributed by atoms with Crippen molar-refractivity contribution in [2.45, 2.75) is 20.0 Å². The third kappa shape index (κ3) is 5.59. The highest BCUT2D eigenvalue weighted by molar-refractivity contribution is 6.22. The molecule has 3 aromatic carbocycles. The van der Waals surface area contributed by atoms with Crippen LogP contribution in [0, 0.1) is 0 Å². The molecular formula is C32H32N4O5. The highest BCUT2D eigenvalue weighted by Crippen LogP contribution is 2.33. The smallest absolute Gasteiger partial charge is 0.338 e. The number of H-pyrrole nitrogens is 1. The first-order valence-corrected chi connectivity index (χ1v) is 13.9. The molecule has 2 aliphatic rings. The van der Waals surface area contributed by atoms with Crippen LogP contribution in [0.1, 0.15) is 39.5 Å². The molecule has 0 spiro atoms. The van der Waals surface area contributed by atoms with Crippen molar-refractivity contribution in [2.75, 3.05) is 39.5 Å². The molecule has 0 bridgehead atoms. The van der Waals surface area contributed by atoms with Crippen LogP contribution in [0.15, 0.2) is 71.7 Å². The number of benzene rings is 3. The molecule has 1 amide bonds. The van der Waals surface area contributed by atoms with Gasteiger partial charge in [0.15, 0.2) is 5.88 Å². The zero-order valence-corrected chi connectivity index (χ0v) is 22.9. The summed E-state index contributed by atoms with van der Waals surface area (Å²) < 4.78 is 10.5. The Balaban J connectivity index is 1.32. The van der Waals surface area contributed by atoms with Crippen molar-refractivity contribution in [2.24, 2.45) is 4.99 Å². The second-order valence-corrected chi connectivity index (χ2v) is 10.2. The maximum absolute atomic E-state index is 13.0. The number of morpholine rings is 1. The molecule has 6 rings (SSSR count). The van der Waals surface area contributed by atoms with Gasteiger partial charge in [0.25, 0.3) is 0 Å². The van der Waals surface area contributed by atoms with E-state index in [0.29, 0.717) is 55.2 Å². The van der Waals surface area contributed by atoms with Gasteiger partial charge in [-0.1, -0.05) is 42.5 Å². The van der Waals surface area contributed by atoms with Crippen LogP contribution in [-0.4, -0.2) is 76.9 Å². The van der Waals surface area contributed by atoms with Crippen molar-refractivity contribution in [1.82, 2.24) is 14.8 Å². The van der Waals surface area contributed by atoms with E-state index in [4.69, 9.17) is 14.5 Å². The van der Waals surface area contributed by atoms with Gasteiger partial charge in [-0.3, -0.25) is 9.69 Å². The maximum Gasteiger partial charge on any atom is 0.338 e. The number of rotatable bonds is 7. The van der Waals surface area contributed by atoms with Crippen LogP contribution in [0.4, 0.5) is 5.69 Å². The van der Waals surface area contributed by atoms with Gasteiger partial charge in [-0.2, -0.15) is 0 Å². The maximum atomic E-state index is 13.0. The molecule has 1 saturated heterocycles. The van der Waals surface area contributed by atoms with Crippen LogP contribution in [0.3, 0.4) is 0 Å². The largest absolute Gasteiger partial charge is 0.494 e. The Morgan fingerprint density at radius 3 is 2.54 bits per heavy atom. The van der Waals surface area contributed by atoms with E-state index in [1.165, 1.54) is 0 Å². The molecular weight excluding hydrogens is 520 g/mol. The number of aliphatic imine (C=N–C) groups is 1. The van der Waals surface area contributed by atoms with E-state index < -0.39 is 5.97 Å². The molecule has 0 atom stereocenters. The highest BCUT2D eigenvalue weighted by Gasteiger charge is 2.26. The Hall–Kier alpha value is -4.47. The number of hydrogen-bond donors (Lipinski definition) is 2. The predicted molar refractivity (Wildman–Crippen MR) is 156 cm³/mol. The van der Waals surface area contributed by atoms with Crippen molar-refractivity contribution in [3.63, 3.8) is 0 Å². The van der Waals surface area contributed by atoms with Crippen LogP contribution >= 0.6 is 0 Å². The SMILES string of the molecule is CCOC(=O)c1ccc2c(C(=Nc3ccc4c(c3)CN(C(=O)CN3CCOCC3)C4)c3ccccc3)c(O)[nH]c2c1. The zero-order chi connectivity index (χ0) is 28.3. The summed E-state index contributed by atoms with van der Waals surface area (Å²) in [4.78, 5) is 37.3. The van der Waals surface area contributed by atoms with Crippen molar-refractivity contribution < 1.29 is 24.2 Å². The molecule has 1 fully saturated rings. The van der Waals surface area contributed by atoms with E-state index in [-0.39, 0.29) is 18.4 Å². The standard InChI is InChI=1S/C32H32N4O5/c1-2-41-32(39)22-9-11-26-27(17-22)34-31(38)29(26)30(21-6-4-3-5-7-21)33-25-10-8-23-18-36(19-24(23)16-25)28(37)20-35-12-14-40-15-13-35/h3-11,16-17,34,38H,2,12-15,18-20H2,1H3. The fourth-order valence-electron chi connectivity index (χ4n) is 5.43. The van der Waals surface area contributed by atoms with Crippen LogP contribution in [-0.2, 0) is 27.4 Å². The normalized spacial score (nSPS) is 15.7. The topological polar surface area (TPSA) is 107 Å². The fraction of sp³-hybridized carbons (Fsp3) is 0.281. The number of aromatic hydroxyl groups is 1. The summed E-state index contributed by atoms with van der Waals surface area (Å²) in [5, 5.41) is 11.8. The molecule has 0 radical (unpaired) electrons. The molecule has 3 heterocycles. The van der Waals surface area contributed by atoms with E-state index in [9.17, 15) is 14.7 Å². The molecule has 2 N–H and O–H groups in total. The van der Waals surface area contributed by atoms with Gasteiger partial charge in [0.2, 0.25) is 5.91 Å². The first-order chi connectivity index (χ1) is 20.0. The first kappa shape index (κ1) is 26.7. The lowest BCUT2D eigenvalue weighted by Gasteiger charge is -2.27. The number of fused-ring (bicyclic) bond motifs is 2. The molecule has 4 aromatic rings. The van der Waals surface area contributed by atoms with Crippen molar-refractivity contribution in [3.8, 4) is 5.88 Å². The van der Waals surface area contributed by atoms with E-state index in [1.54, 1.807) is 25.1 Å². The number of nitrogens with zero attached hydrogens (tertiary/aromatic N) is 3. The molecule has 1 aromatic heterocycles. The number of nitrogens with one attached hydrogen (secondary N) is 1. The van der Waals surface area contributed by atoms with Gasteiger partial charge >= 0.3 is 5.97 Å². The number of carbonyl (C=O) groups is 2. The minimum atomic E-state index is -0.419. The second kappa shape index (κ2) is 11.6. The van der Waals surface area contributed by atoms with Crippen molar-refractivity contribution in [3.05, 3.63) is 94.5 Å². The lowest BCUT2D eigenvalue weighted by atomic mass is 10.00. The molecule has 0 saturated carbocycles. The summed E-state index contributed by atoms with van der Waals surface area (Å²) >= 11 is 0. The van der Waals surface area contributed by atoms with Gasteiger partial charge in [-0.15, -0.1) is 0 Å². The van der Waals surface area contributed by atoms with Gasteiger partial charge in [-0.05, 0) is 42.3 Å². The third-order valence-corrected chi connectivity index (χ3v) is 7.54. The number of esters is 1. The predicted octanol–water partition coefficient (Wildman–Crippen LogP) is 4.39. The summed E-state index contributed by atoms with van der Waals surface area (Å²) in [6.07, 6.45) is 0. The van der Waals surface area contributed by atoms with Crippen LogP contribution in [0.5, 0.6) is 5.88 Å². The van der Waals surface area contributed by atoms with Crippen LogP contribution in [0.25, 0.3) is 10.9 Å². The summed E-state index contributed by atoms with van der Waals surface area (Å²) in [5.41, 5.74) is 5.88. The number of hydrogen-bond acceptors (Lipinski definition) is 7. The van der Waals surface area contributed by atoms with Crippen LogP contribution in [0.2, 0.25) is 0 Å². The molecule has 41 heavy (non-hydrogen) atoms. The number of aromatic amines is 1. The molecule has 0 unspecified atom stereocenters. The molecule has 9 nitrogen and oxygen atoms in total. The average molecular weight is 553 g/mol. The van der Waals surface area contributed by atoms with E-state index >= 15 is 0 Å². The Morgan fingerprint density at radius 1 is 0.976 bits per heavy atom. The Bertz CT molecular complexity index is 1620. The zero-order valence-electron chi connectivity index (χ0n) is 22.9. The van der Waals surface area contributed by atoms with Gasteiger partial charge in [0.05, 0.1) is 48.9 Å². The Labute approximate surface area is 238 Å². The second-order valence-electron chi connectivity index (χ2n) is 10.2.